The lowest BCUT2D eigenvalue weighted by Gasteiger charge is -2.34. The van der Waals surface area contributed by atoms with Gasteiger partial charge in [0.1, 0.15) is 11.6 Å². The average molecular weight is 430 g/mol. The topological polar surface area (TPSA) is 50.6 Å². The number of carbonyl (C=O) groups excluding carboxylic acids is 1. The molecule has 1 saturated heterocycles. The number of aromatic nitrogens is 2. The van der Waals surface area contributed by atoms with Crippen LogP contribution in [0.4, 0.5) is 13.2 Å². The maximum atomic E-state index is 13.9. The number of nitrogens with zero attached hydrogens (tertiary/aromatic N) is 4. The Labute approximate surface area is 177 Å². The van der Waals surface area contributed by atoms with E-state index in [2.05, 4.69) is 5.10 Å². The van der Waals surface area contributed by atoms with Crippen LogP contribution in [0.2, 0.25) is 0 Å². The van der Waals surface area contributed by atoms with Crippen molar-refractivity contribution in [2.75, 3.05) is 26.2 Å². The Morgan fingerprint density at radius 3 is 2.45 bits per heavy atom. The third-order valence-corrected chi connectivity index (χ3v) is 5.12. The summed E-state index contributed by atoms with van der Waals surface area (Å²) in [6.45, 7) is 2.42. The zero-order valence-corrected chi connectivity index (χ0v) is 16.7. The minimum atomic E-state index is -0.856. The number of rotatable bonds is 6. The Kier molecular flexibility index (Phi) is 6.22. The molecule has 6 nitrogen and oxygen atoms in total. The summed E-state index contributed by atoms with van der Waals surface area (Å²) in [6, 6.07) is 11.4. The van der Waals surface area contributed by atoms with Crippen LogP contribution in [0.1, 0.15) is 16.1 Å². The summed E-state index contributed by atoms with van der Waals surface area (Å²) >= 11 is 0. The molecule has 3 aromatic rings. The molecular weight excluding hydrogens is 409 g/mol. The molecule has 4 rings (SSSR count). The van der Waals surface area contributed by atoms with E-state index in [9.17, 15) is 18.0 Å². The van der Waals surface area contributed by atoms with Gasteiger partial charge in [-0.05, 0) is 36.4 Å². The highest BCUT2D eigenvalue weighted by atomic mass is 19.2. The molecule has 0 radical (unpaired) electrons. The fourth-order valence-corrected chi connectivity index (χ4v) is 3.40. The molecule has 31 heavy (non-hydrogen) atoms. The van der Waals surface area contributed by atoms with Crippen LogP contribution in [0, 0.1) is 17.5 Å². The lowest BCUT2D eigenvalue weighted by Crippen LogP contribution is -2.48. The molecular formula is C22H21F3N4O2. The lowest BCUT2D eigenvalue weighted by atomic mass is 10.1. The van der Waals surface area contributed by atoms with Crippen molar-refractivity contribution in [3.05, 3.63) is 83.4 Å². The van der Waals surface area contributed by atoms with E-state index in [1.165, 1.54) is 35.0 Å². The second kappa shape index (κ2) is 9.22. The fraction of sp³-hybridized carbons (Fsp3) is 0.273. The molecule has 1 fully saturated rings. The number of benzene rings is 2. The standard InChI is InChI=1S/C22H21F3N4O2/c23-17-4-6-18(7-5-17)31-15-29-9-8-20(26-29)22(30)28-12-10-27(11-13-28)14-16-2-1-3-19(24)21(16)25/h1-9H,10-15H2. The van der Waals surface area contributed by atoms with E-state index in [1.54, 1.807) is 23.2 Å². The van der Waals surface area contributed by atoms with Gasteiger partial charge in [0.05, 0.1) is 0 Å². The number of piperazine rings is 1. The molecule has 2 aromatic carbocycles. The predicted octanol–water partition coefficient (Wildman–Crippen LogP) is 3.29. The van der Waals surface area contributed by atoms with Crippen LogP contribution in [0.15, 0.2) is 54.7 Å². The molecule has 162 valence electrons. The molecule has 0 saturated carbocycles. The Bertz CT molecular complexity index is 1050. The Morgan fingerprint density at radius 2 is 1.71 bits per heavy atom. The normalized spacial score (nSPS) is 14.6. The van der Waals surface area contributed by atoms with E-state index >= 15 is 0 Å². The first-order valence-electron chi connectivity index (χ1n) is 9.86. The molecule has 0 atom stereocenters. The second-order valence-electron chi connectivity index (χ2n) is 7.25. The SMILES string of the molecule is O=C(c1ccn(COc2ccc(F)cc2)n1)N1CCN(Cc2cccc(F)c2F)CC1. The van der Waals surface area contributed by atoms with Gasteiger partial charge in [-0.2, -0.15) is 5.10 Å². The smallest absolute Gasteiger partial charge is 0.274 e. The molecule has 1 aliphatic rings. The van der Waals surface area contributed by atoms with Crippen LogP contribution in [0.3, 0.4) is 0 Å². The molecule has 0 unspecified atom stereocenters. The van der Waals surface area contributed by atoms with Crippen molar-refractivity contribution in [1.82, 2.24) is 19.6 Å². The van der Waals surface area contributed by atoms with Crippen LogP contribution >= 0.6 is 0 Å². The van der Waals surface area contributed by atoms with Gasteiger partial charge in [0.25, 0.3) is 5.91 Å². The predicted molar refractivity (Wildman–Crippen MR) is 107 cm³/mol. The monoisotopic (exact) mass is 430 g/mol. The van der Waals surface area contributed by atoms with E-state index in [0.29, 0.717) is 49.7 Å². The highest BCUT2D eigenvalue weighted by Gasteiger charge is 2.24. The zero-order chi connectivity index (χ0) is 21.8. The summed E-state index contributed by atoms with van der Waals surface area (Å²) in [5.41, 5.74) is 0.604. The summed E-state index contributed by atoms with van der Waals surface area (Å²) in [5, 5.41) is 4.25. The van der Waals surface area contributed by atoms with Gasteiger partial charge >= 0.3 is 0 Å². The number of carbonyl (C=O) groups is 1. The molecule has 0 spiro atoms. The number of hydrogen-bond donors (Lipinski definition) is 0. The summed E-state index contributed by atoms with van der Waals surface area (Å²) < 4.78 is 47.2. The average Bonchev–Trinajstić information content (AvgIpc) is 3.26. The van der Waals surface area contributed by atoms with Gasteiger partial charge in [0, 0.05) is 44.5 Å². The van der Waals surface area contributed by atoms with Gasteiger partial charge < -0.3 is 9.64 Å². The summed E-state index contributed by atoms with van der Waals surface area (Å²) in [5.74, 6) is -1.73. The molecule has 2 heterocycles. The van der Waals surface area contributed by atoms with Gasteiger partial charge in [-0.25, -0.2) is 17.9 Å². The van der Waals surface area contributed by atoms with Crippen molar-refractivity contribution in [2.45, 2.75) is 13.3 Å². The summed E-state index contributed by atoms with van der Waals surface area (Å²) in [6.07, 6.45) is 1.64. The molecule has 1 amide bonds. The zero-order valence-electron chi connectivity index (χ0n) is 16.7. The van der Waals surface area contributed by atoms with E-state index in [0.717, 1.165) is 6.07 Å². The number of halogens is 3. The largest absolute Gasteiger partial charge is 0.471 e. The van der Waals surface area contributed by atoms with E-state index in [4.69, 9.17) is 4.74 Å². The van der Waals surface area contributed by atoms with E-state index < -0.39 is 11.6 Å². The molecule has 1 aromatic heterocycles. The fourth-order valence-electron chi connectivity index (χ4n) is 3.40. The summed E-state index contributed by atoms with van der Waals surface area (Å²) in [7, 11) is 0. The third kappa shape index (κ3) is 5.05. The summed E-state index contributed by atoms with van der Waals surface area (Å²) in [4.78, 5) is 16.4. The van der Waals surface area contributed by atoms with Crippen molar-refractivity contribution in [3.8, 4) is 5.75 Å². The molecule has 0 N–H and O–H groups in total. The van der Waals surface area contributed by atoms with Crippen LogP contribution in [0.25, 0.3) is 0 Å². The highest BCUT2D eigenvalue weighted by molar-refractivity contribution is 5.92. The van der Waals surface area contributed by atoms with Crippen LogP contribution in [0.5, 0.6) is 5.75 Å². The van der Waals surface area contributed by atoms with Gasteiger partial charge in [0.2, 0.25) is 0 Å². The van der Waals surface area contributed by atoms with Crippen molar-refractivity contribution >= 4 is 5.91 Å². The van der Waals surface area contributed by atoms with Crippen molar-refractivity contribution < 1.29 is 22.7 Å². The minimum absolute atomic E-state index is 0.0892. The van der Waals surface area contributed by atoms with Gasteiger partial charge in [-0.15, -0.1) is 0 Å². The maximum absolute atomic E-state index is 13.9. The molecule has 0 bridgehead atoms. The van der Waals surface area contributed by atoms with Crippen LogP contribution in [-0.4, -0.2) is 51.7 Å². The first kappa shape index (κ1) is 20.9. The Hall–Kier alpha value is -3.33. The molecule has 9 heteroatoms. The third-order valence-electron chi connectivity index (χ3n) is 5.12. The minimum Gasteiger partial charge on any atom is -0.471 e. The maximum Gasteiger partial charge on any atom is 0.274 e. The van der Waals surface area contributed by atoms with Crippen molar-refractivity contribution in [1.29, 1.82) is 0 Å². The number of amides is 1. The quantitative estimate of drug-likeness (QED) is 0.602. The van der Waals surface area contributed by atoms with Gasteiger partial charge in [-0.1, -0.05) is 12.1 Å². The highest BCUT2D eigenvalue weighted by Crippen LogP contribution is 2.16. The first-order valence-corrected chi connectivity index (χ1v) is 9.86. The van der Waals surface area contributed by atoms with Crippen LogP contribution in [-0.2, 0) is 13.3 Å². The second-order valence-corrected chi connectivity index (χ2v) is 7.25. The van der Waals surface area contributed by atoms with Gasteiger partial charge in [-0.3, -0.25) is 9.69 Å². The van der Waals surface area contributed by atoms with E-state index in [1.807, 2.05) is 4.90 Å². The van der Waals surface area contributed by atoms with Crippen molar-refractivity contribution in [2.24, 2.45) is 0 Å². The Balaban J connectivity index is 1.28. The van der Waals surface area contributed by atoms with E-state index in [-0.39, 0.29) is 18.5 Å². The number of ether oxygens (including phenoxy) is 1. The van der Waals surface area contributed by atoms with Crippen molar-refractivity contribution in [3.63, 3.8) is 0 Å². The molecule has 1 aliphatic heterocycles. The van der Waals surface area contributed by atoms with Gasteiger partial charge in [0.15, 0.2) is 24.1 Å². The first-order chi connectivity index (χ1) is 15.0. The molecule has 0 aliphatic carbocycles. The number of hydrogen-bond acceptors (Lipinski definition) is 4. The Morgan fingerprint density at radius 1 is 0.968 bits per heavy atom. The van der Waals surface area contributed by atoms with Crippen LogP contribution < -0.4 is 4.74 Å². The lowest BCUT2D eigenvalue weighted by molar-refractivity contribution is 0.0619.